The lowest BCUT2D eigenvalue weighted by Gasteiger charge is -2.14. The standard InChI is InChI=1S/C12H16O5.C4H8O.C2H4/c1-8(7-15-2)17-11-5-9(12(14)16-3)4-10(13)6-11;1-2-4-5-3-1;1-2/h4-6,8,13H,7H2,1-3H3;1-4H2;1-2H2/t8-;;/m0../s1. The molecule has 1 N–H and O–H groups in total. The maximum atomic E-state index is 11.3. The summed E-state index contributed by atoms with van der Waals surface area (Å²) in [4.78, 5) is 11.3. The number of rotatable bonds is 5. The van der Waals surface area contributed by atoms with Crippen LogP contribution in [0, 0.1) is 0 Å². The van der Waals surface area contributed by atoms with Crippen LogP contribution in [-0.2, 0) is 14.2 Å². The molecular weight excluding hydrogens is 312 g/mol. The number of methoxy groups -OCH3 is 2. The summed E-state index contributed by atoms with van der Waals surface area (Å²) in [6.07, 6.45) is 2.38. The van der Waals surface area contributed by atoms with Gasteiger partial charge in [0.1, 0.15) is 17.6 Å². The van der Waals surface area contributed by atoms with Gasteiger partial charge in [-0.2, -0.15) is 0 Å². The van der Waals surface area contributed by atoms with Crippen molar-refractivity contribution in [2.45, 2.75) is 25.9 Å². The topological polar surface area (TPSA) is 74.2 Å². The van der Waals surface area contributed by atoms with Gasteiger partial charge >= 0.3 is 5.97 Å². The predicted octanol–water partition coefficient (Wildman–Crippen LogP) is 3.19. The minimum absolute atomic E-state index is 0.0486. The van der Waals surface area contributed by atoms with Gasteiger partial charge in [-0.05, 0) is 31.9 Å². The van der Waals surface area contributed by atoms with Gasteiger partial charge in [-0.15, -0.1) is 13.2 Å². The fourth-order valence-corrected chi connectivity index (χ4v) is 1.90. The molecule has 1 atom stereocenters. The van der Waals surface area contributed by atoms with Crippen LogP contribution in [0.4, 0.5) is 0 Å². The molecule has 0 amide bonds. The molecule has 1 heterocycles. The molecular formula is C18H28O6. The van der Waals surface area contributed by atoms with E-state index >= 15 is 0 Å². The summed E-state index contributed by atoms with van der Waals surface area (Å²) in [5, 5.41) is 9.46. The zero-order valence-corrected chi connectivity index (χ0v) is 14.7. The first-order valence-corrected chi connectivity index (χ1v) is 7.72. The Kier molecular flexibility index (Phi) is 12.3. The van der Waals surface area contributed by atoms with Crippen molar-refractivity contribution in [3.8, 4) is 11.5 Å². The largest absolute Gasteiger partial charge is 0.508 e. The van der Waals surface area contributed by atoms with Crippen molar-refractivity contribution < 1.29 is 28.8 Å². The zero-order chi connectivity index (χ0) is 18.4. The molecule has 1 aromatic rings. The van der Waals surface area contributed by atoms with E-state index in [1.54, 1.807) is 7.11 Å². The third-order valence-electron chi connectivity index (χ3n) is 2.88. The molecule has 1 fully saturated rings. The Morgan fingerprint density at radius 2 is 1.88 bits per heavy atom. The molecule has 0 aliphatic carbocycles. The lowest BCUT2D eigenvalue weighted by Crippen LogP contribution is -2.18. The lowest BCUT2D eigenvalue weighted by molar-refractivity contribution is 0.0598. The summed E-state index contributed by atoms with van der Waals surface area (Å²) in [6.45, 7) is 10.2. The third-order valence-corrected chi connectivity index (χ3v) is 2.88. The Labute approximate surface area is 144 Å². The maximum absolute atomic E-state index is 11.3. The average molecular weight is 340 g/mol. The average Bonchev–Trinajstić information content (AvgIpc) is 3.15. The summed E-state index contributed by atoms with van der Waals surface area (Å²) < 4.78 is 19.9. The molecule has 0 saturated carbocycles. The number of carbonyl (C=O) groups is 1. The van der Waals surface area contributed by atoms with E-state index in [-0.39, 0.29) is 17.4 Å². The first-order chi connectivity index (χ1) is 11.6. The second-order valence-electron chi connectivity index (χ2n) is 4.91. The minimum atomic E-state index is -0.523. The minimum Gasteiger partial charge on any atom is -0.508 e. The van der Waals surface area contributed by atoms with E-state index in [4.69, 9.17) is 14.2 Å². The van der Waals surface area contributed by atoms with Gasteiger partial charge in [-0.3, -0.25) is 0 Å². The van der Waals surface area contributed by atoms with Gasteiger partial charge in [0.25, 0.3) is 0 Å². The van der Waals surface area contributed by atoms with Gasteiger partial charge in [0.05, 0.1) is 19.3 Å². The van der Waals surface area contributed by atoms with Crippen LogP contribution in [0.5, 0.6) is 11.5 Å². The number of hydrogen-bond acceptors (Lipinski definition) is 6. The fourth-order valence-electron chi connectivity index (χ4n) is 1.90. The van der Waals surface area contributed by atoms with Crippen LogP contribution < -0.4 is 4.74 Å². The van der Waals surface area contributed by atoms with Gasteiger partial charge < -0.3 is 24.1 Å². The molecule has 0 radical (unpaired) electrons. The SMILES string of the molecule is C1CCOC1.C=C.COC[C@H](C)Oc1cc(O)cc(C(=O)OC)c1. The molecule has 1 aliphatic rings. The van der Waals surface area contributed by atoms with Crippen LogP contribution in [0.1, 0.15) is 30.1 Å². The highest BCUT2D eigenvalue weighted by atomic mass is 16.5. The molecule has 24 heavy (non-hydrogen) atoms. The van der Waals surface area contributed by atoms with Crippen molar-refractivity contribution in [1.82, 2.24) is 0 Å². The van der Waals surface area contributed by atoms with Crippen LogP contribution in [0.3, 0.4) is 0 Å². The van der Waals surface area contributed by atoms with Crippen LogP contribution in [0.2, 0.25) is 0 Å². The van der Waals surface area contributed by atoms with Crippen molar-refractivity contribution in [2.75, 3.05) is 34.0 Å². The second kappa shape index (κ2) is 13.4. The molecule has 0 unspecified atom stereocenters. The van der Waals surface area contributed by atoms with E-state index in [0.29, 0.717) is 12.4 Å². The van der Waals surface area contributed by atoms with Crippen LogP contribution in [0.25, 0.3) is 0 Å². The molecule has 6 nitrogen and oxygen atoms in total. The second-order valence-corrected chi connectivity index (χ2v) is 4.91. The lowest BCUT2D eigenvalue weighted by atomic mass is 10.2. The van der Waals surface area contributed by atoms with E-state index in [0.717, 1.165) is 13.2 Å². The number of phenolic OH excluding ortho intramolecular Hbond substituents is 1. The van der Waals surface area contributed by atoms with Crippen molar-refractivity contribution >= 4 is 5.97 Å². The fraction of sp³-hybridized carbons (Fsp3) is 0.500. The Balaban J connectivity index is 0.000000630. The molecule has 0 spiro atoms. The first kappa shape index (κ1) is 21.9. The van der Waals surface area contributed by atoms with Gasteiger partial charge in [0, 0.05) is 26.4 Å². The number of phenols is 1. The Morgan fingerprint density at radius 1 is 1.25 bits per heavy atom. The molecule has 2 rings (SSSR count). The normalized spacial score (nSPS) is 13.6. The van der Waals surface area contributed by atoms with Gasteiger partial charge in [0.2, 0.25) is 0 Å². The van der Waals surface area contributed by atoms with Gasteiger partial charge in [0.15, 0.2) is 0 Å². The van der Waals surface area contributed by atoms with Crippen molar-refractivity contribution in [3.05, 3.63) is 36.9 Å². The number of benzene rings is 1. The van der Waals surface area contributed by atoms with Crippen molar-refractivity contribution in [1.29, 1.82) is 0 Å². The molecule has 1 aliphatic heterocycles. The number of aromatic hydroxyl groups is 1. The highest BCUT2D eigenvalue weighted by Gasteiger charge is 2.11. The molecule has 136 valence electrons. The molecule has 1 saturated heterocycles. The molecule has 0 aromatic heterocycles. The maximum Gasteiger partial charge on any atom is 0.338 e. The third kappa shape index (κ3) is 9.17. The van der Waals surface area contributed by atoms with Crippen molar-refractivity contribution in [3.63, 3.8) is 0 Å². The monoisotopic (exact) mass is 340 g/mol. The summed E-state index contributed by atoms with van der Waals surface area (Å²) in [5.41, 5.74) is 0.243. The van der Waals surface area contributed by atoms with E-state index in [1.165, 1.54) is 38.2 Å². The van der Waals surface area contributed by atoms with E-state index < -0.39 is 5.97 Å². The van der Waals surface area contributed by atoms with Gasteiger partial charge in [-0.1, -0.05) is 0 Å². The Bertz CT molecular complexity index is 463. The zero-order valence-electron chi connectivity index (χ0n) is 14.7. The van der Waals surface area contributed by atoms with Gasteiger partial charge in [-0.25, -0.2) is 4.79 Å². The van der Waals surface area contributed by atoms with Crippen LogP contribution >= 0.6 is 0 Å². The summed E-state index contributed by atoms with van der Waals surface area (Å²) in [5.74, 6) is -0.174. The van der Waals surface area contributed by atoms with E-state index in [9.17, 15) is 9.90 Å². The molecule has 1 aromatic carbocycles. The Morgan fingerprint density at radius 3 is 2.33 bits per heavy atom. The quantitative estimate of drug-likeness (QED) is 0.655. The number of carbonyl (C=O) groups excluding carboxylic acids is 1. The first-order valence-electron chi connectivity index (χ1n) is 7.72. The number of ether oxygens (including phenoxy) is 4. The summed E-state index contributed by atoms with van der Waals surface area (Å²) >= 11 is 0. The van der Waals surface area contributed by atoms with E-state index in [2.05, 4.69) is 17.9 Å². The number of hydrogen-bond donors (Lipinski definition) is 1. The smallest absolute Gasteiger partial charge is 0.338 e. The Hall–Kier alpha value is -2.05. The predicted molar refractivity (Wildman–Crippen MR) is 92.7 cm³/mol. The number of esters is 1. The summed E-state index contributed by atoms with van der Waals surface area (Å²) in [6, 6.07) is 4.26. The van der Waals surface area contributed by atoms with Crippen LogP contribution in [-0.4, -0.2) is 51.2 Å². The molecule has 0 bridgehead atoms. The summed E-state index contributed by atoms with van der Waals surface area (Å²) in [7, 11) is 2.85. The van der Waals surface area contributed by atoms with Crippen LogP contribution in [0.15, 0.2) is 31.4 Å². The highest BCUT2D eigenvalue weighted by molar-refractivity contribution is 5.90. The highest BCUT2D eigenvalue weighted by Crippen LogP contribution is 2.23. The molecule has 6 heteroatoms. The van der Waals surface area contributed by atoms with E-state index in [1.807, 2.05) is 6.92 Å². The van der Waals surface area contributed by atoms with Crippen molar-refractivity contribution in [2.24, 2.45) is 0 Å².